The molecular weight excluding hydrogens is 422 g/mol. The number of carbonyl (C=O) groups excluding carboxylic acids is 1. The Hall–Kier alpha value is -3.65. The summed E-state index contributed by atoms with van der Waals surface area (Å²) in [5.74, 6) is -1.26. The minimum absolute atomic E-state index is 0.0226. The summed E-state index contributed by atoms with van der Waals surface area (Å²) in [5.41, 5.74) is 1.06. The van der Waals surface area contributed by atoms with Crippen molar-refractivity contribution in [1.82, 2.24) is 15.1 Å². The van der Waals surface area contributed by atoms with Crippen LogP contribution >= 0.6 is 0 Å². The Morgan fingerprint density at radius 1 is 1.06 bits per heavy atom. The Balaban J connectivity index is 1.87. The Morgan fingerprint density at radius 3 is 2.24 bits per heavy atom. The van der Waals surface area contributed by atoms with E-state index in [4.69, 9.17) is 4.74 Å². The first-order valence-electron chi connectivity index (χ1n) is 10.7. The van der Waals surface area contributed by atoms with Gasteiger partial charge in [0.15, 0.2) is 5.69 Å². The molecule has 8 nitrogen and oxygen atoms in total. The predicted octanol–water partition coefficient (Wildman–Crippen LogP) is 3.60. The highest BCUT2D eigenvalue weighted by Gasteiger charge is 2.25. The molecule has 0 aliphatic rings. The van der Waals surface area contributed by atoms with Gasteiger partial charge in [-0.2, -0.15) is 5.10 Å². The molecule has 174 valence electrons. The fraction of sp³-hybridized carbons (Fsp3) is 0.320. The van der Waals surface area contributed by atoms with Gasteiger partial charge in [-0.05, 0) is 23.1 Å². The maximum Gasteiger partial charge on any atom is 0.305 e. The van der Waals surface area contributed by atoms with E-state index in [0.717, 1.165) is 0 Å². The number of nitrogens with one attached hydrogen (secondary N) is 1. The standard InChI is InChI=1S/C25H29N3O5/c1-25(2,3)21(29)16-33-22-14-20(27-28(22)18-12-8-5-9-13-18)24(32)26-19(15-23(30)31)17-10-6-4-7-11-17/h4-14,19,21,29H,15-16H2,1-3H3,(H,26,32)(H,30,31)/t19-,21-/m0/s1. The van der Waals surface area contributed by atoms with Crippen LogP contribution in [0.2, 0.25) is 0 Å². The third kappa shape index (κ3) is 6.43. The van der Waals surface area contributed by atoms with Crippen molar-refractivity contribution in [3.05, 3.63) is 78.0 Å². The van der Waals surface area contributed by atoms with Crippen molar-refractivity contribution in [2.45, 2.75) is 39.3 Å². The van der Waals surface area contributed by atoms with Crippen LogP contribution in [-0.2, 0) is 4.79 Å². The van der Waals surface area contributed by atoms with E-state index in [9.17, 15) is 19.8 Å². The highest BCUT2D eigenvalue weighted by molar-refractivity contribution is 5.93. The molecular formula is C25H29N3O5. The van der Waals surface area contributed by atoms with Crippen molar-refractivity contribution < 1.29 is 24.5 Å². The molecule has 0 unspecified atom stereocenters. The number of aliphatic hydroxyl groups excluding tert-OH is 1. The van der Waals surface area contributed by atoms with Crippen LogP contribution in [0, 0.1) is 5.41 Å². The third-order valence-electron chi connectivity index (χ3n) is 5.18. The van der Waals surface area contributed by atoms with Gasteiger partial charge < -0.3 is 20.3 Å². The molecule has 0 saturated heterocycles. The topological polar surface area (TPSA) is 114 Å². The molecule has 0 spiro atoms. The second-order valence-corrected chi connectivity index (χ2v) is 8.84. The Labute approximate surface area is 192 Å². The second-order valence-electron chi connectivity index (χ2n) is 8.84. The summed E-state index contributed by atoms with van der Waals surface area (Å²) in [7, 11) is 0. The summed E-state index contributed by atoms with van der Waals surface area (Å²) in [5, 5.41) is 26.8. The summed E-state index contributed by atoms with van der Waals surface area (Å²) in [6, 6.07) is 18.9. The molecule has 1 amide bonds. The highest BCUT2D eigenvalue weighted by Crippen LogP contribution is 2.24. The van der Waals surface area contributed by atoms with Gasteiger partial charge in [0.2, 0.25) is 5.88 Å². The van der Waals surface area contributed by atoms with Gasteiger partial charge in [0.25, 0.3) is 5.91 Å². The molecule has 0 aliphatic carbocycles. The molecule has 0 saturated carbocycles. The summed E-state index contributed by atoms with van der Waals surface area (Å²) in [4.78, 5) is 24.4. The smallest absolute Gasteiger partial charge is 0.305 e. The molecule has 2 aromatic carbocycles. The molecule has 0 bridgehead atoms. The molecule has 8 heteroatoms. The molecule has 3 aromatic rings. The minimum atomic E-state index is -1.03. The molecule has 3 rings (SSSR count). The first kappa shape index (κ1) is 24.0. The van der Waals surface area contributed by atoms with Crippen molar-refractivity contribution in [2.24, 2.45) is 5.41 Å². The number of aromatic nitrogens is 2. The van der Waals surface area contributed by atoms with Crippen LogP contribution in [0.1, 0.15) is 49.3 Å². The summed E-state index contributed by atoms with van der Waals surface area (Å²) in [6.45, 7) is 5.73. The van der Waals surface area contributed by atoms with Crippen molar-refractivity contribution in [2.75, 3.05) is 6.61 Å². The Morgan fingerprint density at radius 2 is 1.67 bits per heavy atom. The number of rotatable bonds is 9. The number of benzene rings is 2. The fourth-order valence-electron chi connectivity index (χ4n) is 3.09. The third-order valence-corrected chi connectivity index (χ3v) is 5.18. The van der Waals surface area contributed by atoms with Gasteiger partial charge in [-0.1, -0.05) is 69.3 Å². The van der Waals surface area contributed by atoms with E-state index in [0.29, 0.717) is 17.1 Å². The van der Waals surface area contributed by atoms with Crippen molar-refractivity contribution >= 4 is 11.9 Å². The molecule has 2 atom stereocenters. The van der Waals surface area contributed by atoms with E-state index in [1.165, 1.54) is 10.7 Å². The molecule has 0 radical (unpaired) electrons. The van der Waals surface area contributed by atoms with E-state index in [2.05, 4.69) is 10.4 Å². The van der Waals surface area contributed by atoms with E-state index in [1.807, 2.05) is 57.2 Å². The van der Waals surface area contributed by atoms with Crippen LogP contribution in [0.5, 0.6) is 5.88 Å². The van der Waals surface area contributed by atoms with Gasteiger partial charge in [0.05, 0.1) is 24.3 Å². The molecule has 1 heterocycles. The Kier molecular flexibility index (Phi) is 7.50. The van der Waals surface area contributed by atoms with Crippen LogP contribution < -0.4 is 10.1 Å². The zero-order valence-corrected chi connectivity index (χ0v) is 18.9. The molecule has 1 aromatic heterocycles. The van der Waals surface area contributed by atoms with Gasteiger partial charge in [-0.15, -0.1) is 0 Å². The van der Waals surface area contributed by atoms with Crippen LogP contribution in [0.3, 0.4) is 0 Å². The van der Waals surface area contributed by atoms with Crippen LogP contribution in [0.15, 0.2) is 66.7 Å². The number of carboxylic acids is 1. The van der Waals surface area contributed by atoms with Gasteiger partial charge in [-0.25, -0.2) is 4.68 Å². The SMILES string of the molecule is CC(C)(C)[C@@H](O)COc1cc(C(=O)N[C@@H](CC(=O)O)c2ccccc2)nn1-c1ccccc1. The lowest BCUT2D eigenvalue weighted by Gasteiger charge is -2.25. The zero-order chi connectivity index (χ0) is 24.0. The van der Waals surface area contributed by atoms with E-state index >= 15 is 0 Å². The number of carboxylic acid groups (broad SMARTS) is 1. The predicted molar refractivity (Wildman–Crippen MR) is 123 cm³/mol. The molecule has 0 fully saturated rings. The number of aliphatic carboxylic acids is 1. The maximum atomic E-state index is 13.0. The van der Waals surface area contributed by atoms with Gasteiger partial charge in [0, 0.05) is 6.07 Å². The summed E-state index contributed by atoms with van der Waals surface area (Å²) < 4.78 is 7.33. The average molecular weight is 452 g/mol. The number of aliphatic hydroxyl groups is 1. The Bertz CT molecular complexity index is 1070. The number of hydrogen-bond donors (Lipinski definition) is 3. The number of ether oxygens (including phenoxy) is 1. The number of carbonyl (C=O) groups is 2. The summed E-state index contributed by atoms with van der Waals surface area (Å²) >= 11 is 0. The fourth-order valence-corrected chi connectivity index (χ4v) is 3.09. The quantitative estimate of drug-likeness (QED) is 0.458. The average Bonchev–Trinajstić information content (AvgIpc) is 3.21. The lowest BCUT2D eigenvalue weighted by molar-refractivity contribution is -0.137. The monoisotopic (exact) mass is 451 g/mol. The van der Waals surface area contributed by atoms with Crippen molar-refractivity contribution in [1.29, 1.82) is 0 Å². The number of para-hydroxylation sites is 1. The van der Waals surface area contributed by atoms with Crippen molar-refractivity contribution in [3.63, 3.8) is 0 Å². The minimum Gasteiger partial charge on any atom is -0.481 e. The molecule has 0 aliphatic heterocycles. The van der Waals surface area contributed by atoms with Gasteiger partial charge in [-0.3, -0.25) is 9.59 Å². The first-order chi connectivity index (χ1) is 15.6. The largest absolute Gasteiger partial charge is 0.481 e. The van der Waals surface area contributed by atoms with Crippen LogP contribution in [0.25, 0.3) is 5.69 Å². The molecule has 33 heavy (non-hydrogen) atoms. The van der Waals surface area contributed by atoms with E-state index in [-0.39, 0.29) is 24.1 Å². The molecule has 3 N–H and O–H groups in total. The second kappa shape index (κ2) is 10.3. The normalized spacial score (nSPS) is 13.2. The van der Waals surface area contributed by atoms with Crippen LogP contribution in [-0.4, -0.2) is 44.6 Å². The van der Waals surface area contributed by atoms with E-state index in [1.54, 1.807) is 24.3 Å². The van der Waals surface area contributed by atoms with Crippen molar-refractivity contribution in [3.8, 4) is 11.6 Å². The lowest BCUT2D eigenvalue weighted by Crippen LogP contribution is -2.32. The highest BCUT2D eigenvalue weighted by atomic mass is 16.5. The maximum absolute atomic E-state index is 13.0. The number of hydrogen-bond acceptors (Lipinski definition) is 5. The lowest BCUT2D eigenvalue weighted by atomic mass is 9.90. The van der Waals surface area contributed by atoms with Crippen LogP contribution in [0.4, 0.5) is 0 Å². The van der Waals surface area contributed by atoms with Gasteiger partial charge >= 0.3 is 5.97 Å². The van der Waals surface area contributed by atoms with E-state index < -0.39 is 24.0 Å². The zero-order valence-electron chi connectivity index (χ0n) is 18.9. The number of nitrogens with zero attached hydrogens (tertiary/aromatic N) is 2. The number of amides is 1. The first-order valence-corrected chi connectivity index (χ1v) is 10.7. The van der Waals surface area contributed by atoms with Gasteiger partial charge in [0.1, 0.15) is 6.61 Å². The summed E-state index contributed by atoms with van der Waals surface area (Å²) in [6.07, 6.45) is -0.997.